The quantitative estimate of drug-likeness (QED) is 0.214. The number of fused-ring (bicyclic) bond motifs is 1. The minimum atomic E-state index is -4.51. The third-order valence-electron chi connectivity index (χ3n) is 7.28. The summed E-state index contributed by atoms with van der Waals surface area (Å²) in [6, 6.07) is 15.7. The molecular weight excluding hydrogens is 541 g/mol. The molecule has 3 heterocycles. The molecule has 0 saturated carbocycles. The van der Waals surface area contributed by atoms with Crippen LogP contribution >= 0.6 is 0 Å². The van der Waals surface area contributed by atoms with Crippen LogP contribution in [0.3, 0.4) is 0 Å². The fraction of sp³-hybridized carbons (Fsp3) is 0.375. The lowest BCUT2D eigenvalue weighted by atomic mass is 10.0. The number of hydrogen-bond acceptors (Lipinski definition) is 5. The number of carbonyl (C=O) groups excluding carboxylic acids is 1. The smallest absolute Gasteiger partial charge is 0.376 e. The van der Waals surface area contributed by atoms with E-state index in [-0.39, 0.29) is 24.3 Å². The van der Waals surface area contributed by atoms with Gasteiger partial charge >= 0.3 is 6.18 Å². The maximum atomic E-state index is 13.9. The number of H-pyrrole nitrogens is 1. The third-order valence-corrected chi connectivity index (χ3v) is 7.28. The van der Waals surface area contributed by atoms with E-state index in [0.29, 0.717) is 0 Å². The van der Waals surface area contributed by atoms with E-state index in [1.165, 1.54) is 12.1 Å². The van der Waals surface area contributed by atoms with Crippen LogP contribution in [0, 0.1) is 6.92 Å². The average Bonchev–Trinajstić information content (AvgIpc) is 3.37. The van der Waals surface area contributed by atoms with Crippen molar-refractivity contribution in [3.8, 4) is 11.1 Å². The van der Waals surface area contributed by atoms with Gasteiger partial charge in [-0.1, -0.05) is 39.0 Å². The molecule has 3 N–H and O–H groups in total. The van der Waals surface area contributed by atoms with Crippen LogP contribution in [0.2, 0.25) is 0 Å². The maximum Gasteiger partial charge on any atom is 0.416 e. The number of aromatic nitrogens is 2. The molecule has 7 nitrogen and oxygen atoms in total. The highest BCUT2D eigenvalue weighted by Gasteiger charge is 2.34. The Hall–Kier alpha value is -3.89. The largest absolute Gasteiger partial charge is 0.416 e. The van der Waals surface area contributed by atoms with Gasteiger partial charge in [-0.3, -0.25) is 9.69 Å². The van der Waals surface area contributed by atoms with Gasteiger partial charge in [0.05, 0.1) is 12.1 Å². The van der Waals surface area contributed by atoms with E-state index in [2.05, 4.69) is 38.5 Å². The van der Waals surface area contributed by atoms with Crippen molar-refractivity contribution in [1.29, 1.82) is 0 Å². The number of benzene rings is 2. The predicted octanol–water partition coefficient (Wildman–Crippen LogP) is 6.77. The topological polar surface area (TPSA) is 76.3 Å². The zero-order chi connectivity index (χ0) is 30.3. The van der Waals surface area contributed by atoms with Crippen molar-refractivity contribution >= 4 is 28.3 Å². The fourth-order valence-corrected chi connectivity index (χ4v) is 5.04. The van der Waals surface area contributed by atoms with Gasteiger partial charge in [0.25, 0.3) is 0 Å². The van der Waals surface area contributed by atoms with E-state index < -0.39 is 17.6 Å². The van der Waals surface area contributed by atoms with Gasteiger partial charge in [0.2, 0.25) is 5.91 Å². The highest BCUT2D eigenvalue weighted by molar-refractivity contribution is 5.94. The van der Waals surface area contributed by atoms with Gasteiger partial charge in [0.1, 0.15) is 5.65 Å². The molecule has 1 fully saturated rings. The molecule has 10 heteroatoms. The lowest BCUT2D eigenvalue weighted by Gasteiger charge is -2.34. The highest BCUT2D eigenvalue weighted by atomic mass is 19.4. The minimum absolute atomic E-state index is 0.0830. The van der Waals surface area contributed by atoms with E-state index in [9.17, 15) is 18.0 Å². The Morgan fingerprint density at radius 3 is 2.26 bits per heavy atom. The van der Waals surface area contributed by atoms with Gasteiger partial charge in [0.15, 0.2) is 0 Å². The van der Waals surface area contributed by atoms with Crippen molar-refractivity contribution in [2.45, 2.75) is 40.4 Å². The molecule has 4 aromatic rings. The molecule has 2 aromatic carbocycles. The zero-order valence-electron chi connectivity index (χ0n) is 24.6. The number of carbonyl (C=O) groups is 1. The molecule has 42 heavy (non-hydrogen) atoms. The number of rotatable bonds is 8. The molecule has 2 aromatic heterocycles. The Labute approximate surface area is 245 Å². The van der Waals surface area contributed by atoms with Crippen molar-refractivity contribution in [3.05, 3.63) is 77.6 Å². The lowest BCUT2D eigenvalue weighted by molar-refractivity contribution is -0.138. The van der Waals surface area contributed by atoms with E-state index in [1.54, 1.807) is 6.20 Å². The van der Waals surface area contributed by atoms with Gasteiger partial charge in [0, 0.05) is 66.9 Å². The summed E-state index contributed by atoms with van der Waals surface area (Å²) in [4.78, 5) is 24.5. The molecule has 0 bridgehead atoms. The standard InChI is InChI=1S/C30H33F3N6O.C2H6/c1-3-38-10-12-39(13-11-38)19-22-6-9-26(16-27(22)30(31,32)33)37-28(40)18-34-25-7-4-21(5-8-25)24-15-23-14-20(2)36-29(23)35-17-24;1-2/h4-9,14-17,34H,3,10-13,18-19H2,1-2H3,(H,35,36)(H,37,40);1-2H3. The number of anilines is 2. The van der Waals surface area contributed by atoms with E-state index >= 15 is 0 Å². The summed E-state index contributed by atoms with van der Waals surface area (Å²) in [7, 11) is 0. The fourth-order valence-electron chi connectivity index (χ4n) is 5.04. The molecule has 5 rings (SSSR count). The first-order chi connectivity index (χ1) is 20.2. The normalized spacial score (nSPS) is 14.4. The number of nitrogens with one attached hydrogen (secondary N) is 3. The number of pyridine rings is 1. The second kappa shape index (κ2) is 13.8. The number of nitrogens with zero attached hydrogens (tertiary/aromatic N) is 3. The van der Waals surface area contributed by atoms with E-state index in [4.69, 9.17) is 0 Å². The predicted molar refractivity (Wildman–Crippen MR) is 164 cm³/mol. The number of aromatic amines is 1. The first kappa shape index (κ1) is 31.1. The first-order valence-electron chi connectivity index (χ1n) is 14.4. The van der Waals surface area contributed by atoms with Gasteiger partial charge in [-0.25, -0.2) is 4.98 Å². The summed E-state index contributed by atoms with van der Waals surface area (Å²) in [6.45, 7) is 12.3. The maximum absolute atomic E-state index is 13.9. The summed E-state index contributed by atoms with van der Waals surface area (Å²) < 4.78 is 41.6. The van der Waals surface area contributed by atoms with Crippen LogP contribution in [0.4, 0.5) is 24.5 Å². The Bertz CT molecular complexity index is 1470. The molecular formula is C32H39F3N6O. The zero-order valence-corrected chi connectivity index (χ0v) is 24.6. The van der Waals surface area contributed by atoms with Crippen molar-refractivity contribution in [2.24, 2.45) is 0 Å². The van der Waals surface area contributed by atoms with Crippen LogP contribution in [0.5, 0.6) is 0 Å². The van der Waals surface area contributed by atoms with Gasteiger partial charge in [-0.2, -0.15) is 13.2 Å². The van der Waals surface area contributed by atoms with Gasteiger partial charge < -0.3 is 20.5 Å². The van der Waals surface area contributed by atoms with E-state index in [0.717, 1.165) is 72.3 Å². The molecule has 1 aliphatic heterocycles. The summed E-state index contributed by atoms with van der Waals surface area (Å²) in [6.07, 6.45) is -2.71. The van der Waals surface area contributed by atoms with Crippen LogP contribution in [0.15, 0.2) is 60.8 Å². The van der Waals surface area contributed by atoms with Crippen molar-refractivity contribution in [1.82, 2.24) is 19.8 Å². The van der Waals surface area contributed by atoms with Crippen LogP contribution in [-0.2, 0) is 17.5 Å². The third kappa shape index (κ3) is 7.89. The van der Waals surface area contributed by atoms with Crippen LogP contribution in [0.1, 0.15) is 37.6 Å². The lowest BCUT2D eigenvalue weighted by Crippen LogP contribution is -2.45. The number of halogens is 3. The van der Waals surface area contributed by atoms with Gasteiger partial charge in [-0.15, -0.1) is 0 Å². The monoisotopic (exact) mass is 580 g/mol. The molecule has 0 aliphatic carbocycles. The van der Waals surface area contributed by atoms with E-state index in [1.807, 2.05) is 56.0 Å². The highest BCUT2D eigenvalue weighted by Crippen LogP contribution is 2.34. The first-order valence-corrected chi connectivity index (χ1v) is 14.4. The SMILES string of the molecule is CC.CCN1CCN(Cc2ccc(NC(=O)CNc3ccc(-c4cnc5[nH]c(C)cc5c4)cc3)cc2C(F)(F)F)CC1. The van der Waals surface area contributed by atoms with Crippen molar-refractivity contribution in [2.75, 3.05) is 49.9 Å². The molecule has 0 radical (unpaired) electrons. The molecule has 1 amide bonds. The number of likely N-dealkylation sites (N-methyl/N-ethyl adjacent to an activating group) is 1. The number of alkyl halides is 3. The number of hydrogen-bond donors (Lipinski definition) is 3. The second-order valence-electron chi connectivity index (χ2n) is 10.2. The molecule has 0 atom stereocenters. The van der Waals surface area contributed by atoms with Crippen molar-refractivity contribution < 1.29 is 18.0 Å². The molecule has 0 unspecified atom stereocenters. The van der Waals surface area contributed by atoms with Crippen molar-refractivity contribution in [3.63, 3.8) is 0 Å². The second-order valence-corrected chi connectivity index (χ2v) is 10.2. The van der Waals surface area contributed by atoms with Crippen LogP contribution in [-0.4, -0.2) is 64.9 Å². The Morgan fingerprint density at radius 1 is 0.929 bits per heavy atom. The number of aryl methyl sites for hydroxylation is 1. The van der Waals surface area contributed by atoms with Gasteiger partial charge in [-0.05, 0) is 61.0 Å². The number of piperazine rings is 1. The number of amides is 1. The van der Waals surface area contributed by atoms with Crippen LogP contribution < -0.4 is 10.6 Å². The molecule has 1 aliphatic rings. The Balaban J connectivity index is 0.00000198. The molecule has 0 spiro atoms. The summed E-state index contributed by atoms with van der Waals surface area (Å²) in [5.74, 6) is -0.432. The van der Waals surface area contributed by atoms with Crippen LogP contribution in [0.25, 0.3) is 22.2 Å². The summed E-state index contributed by atoms with van der Waals surface area (Å²) >= 11 is 0. The Kier molecular flexibility index (Phi) is 10.2. The summed E-state index contributed by atoms with van der Waals surface area (Å²) in [5, 5.41) is 6.65. The average molecular weight is 581 g/mol. The summed E-state index contributed by atoms with van der Waals surface area (Å²) in [5.41, 5.74) is 4.19. The minimum Gasteiger partial charge on any atom is -0.376 e. The molecule has 224 valence electrons. The molecule has 1 saturated heterocycles. The Morgan fingerprint density at radius 2 is 1.60 bits per heavy atom.